The molecule has 1 amide bonds. The predicted molar refractivity (Wildman–Crippen MR) is 89.4 cm³/mol. The van der Waals surface area contributed by atoms with Crippen molar-refractivity contribution in [3.63, 3.8) is 0 Å². The van der Waals surface area contributed by atoms with Gasteiger partial charge in [0.25, 0.3) is 10.0 Å². The number of carbonyl (C=O) groups excluding carboxylic acids is 1. The first kappa shape index (κ1) is 16.6. The Kier molecular flexibility index (Phi) is 5.04. The molecule has 1 N–H and O–H groups in total. The molecule has 0 aliphatic carbocycles. The number of hydrogen-bond donors (Lipinski definition) is 1. The number of hydrogen-bond acceptors (Lipinski definition) is 3. The van der Waals surface area contributed by atoms with Gasteiger partial charge in [0.1, 0.15) is 6.54 Å². The van der Waals surface area contributed by atoms with Crippen molar-refractivity contribution in [2.45, 2.75) is 4.90 Å². The Morgan fingerprint density at radius 1 is 1.17 bits per heavy atom. The van der Waals surface area contributed by atoms with Crippen LogP contribution < -0.4 is 9.62 Å². The number of rotatable bonds is 5. The van der Waals surface area contributed by atoms with Gasteiger partial charge in [0.15, 0.2) is 0 Å². The number of anilines is 1. The Hall–Kier alpha value is -2.78. The van der Waals surface area contributed by atoms with Gasteiger partial charge in [-0.2, -0.15) is 0 Å². The standard InChI is InChI=1S/C17H16N2O3S/c1-3-14-8-7-9-15(12-14)19(13-17(20)18-2)23(21,22)16-10-5-4-6-11-16/h1,4-12H,13H2,2H3,(H,18,20). The third-order valence-electron chi connectivity index (χ3n) is 3.20. The molecule has 0 fully saturated rings. The number of sulfonamides is 1. The molecule has 0 aromatic heterocycles. The molecule has 0 bridgehead atoms. The summed E-state index contributed by atoms with van der Waals surface area (Å²) in [5, 5.41) is 2.43. The SMILES string of the molecule is C#Cc1cccc(N(CC(=O)NC)S(=O)(=O)c2ccccc2)c1. The normalized spacial score (nSPS) is 10.6. The summed E-state index contributed by atoms with van der Waals surface area (Å²) in [5.41, 5.74) is 0.876. The zero-order chi connectivity index (χ0) is 16.9. The second-order valence-electron chi connectivity index (χ2n) is 4.69. The van der Waals surface area contributed by atoms with Gasteiger partial charge >= 0.3 is 0 Å². The van der Waals surface area contributed by atoms with Gasteiger partial charge < -0.3 is 5.32 Å². The van der Waals surface area contributed by atoms with Gasteiger partial charge in [-0.3, -0.25) is 9.10 Å². The molecular weight excluding hydrogens is 312 g/mol. The van der Waals surface area contributed by atoms with Crippen LogP contribution in [0.1, 0.15) is 5.56 Å². The van der Waals surface area contributed by atoms with Gasteiger partial charge in [-0.1, -0.05) is 30.2 Å². The van der Waals surface area contributed by atoms with Gasteiger partial charge in [0, 0.05) is 12.6 Å². The number of nitrogens with zero attached hydrogens (tertiary/aromatic N) is 1. The Morgan fingerprint density at radius 2 is 1.87 bits per heavy atom. The lowest BCUT2D eigenvalue weighted by Gasteiger charge is -2.24. The number of amides is 1. The zero-order valence-electron chi connectivity index (χ0n) is 12.6. The van der Waals surface area contributed by atoms with E-state index in [1.54, 1.807) is 42.5 Å². The van der Waals surface area contributed by atoms with E-state index in [9.17, 15) is 13.2 Å². The molecule has 2 aromatic rings. The van der Waals surface area contributed by atoms with Gasteiger partial charge in [-0.15, -0.1) is 6.42 Å². The summed E-state index contributed by atoms with van der Waals surface area (Å²) in [7, 11) is -2.43. The van der Waals surface area contributed by atoms with Crippen molar-refractivity contribution in [1.29, 1.82) is 0 Å². The second-order valence-corrected chi connectivity index (χ2v) is 6.55. The van der Waals surface area contributed by atoms with Crippen LogP contribution in [0.2, 0.25) is 0 Å². The highest BCUT2D eigenvalue weighted by Gasteiger charge is 2.26. The van der Waals surface area contributed by atoms with Crippen LogP contribution in [-0.2, 0) is 14.8 Å². The van der Waals surface area contributed by atoms with Crippen molar-refractivity contribution in [3.05, 3.63) is 60.2 Å². The molecule has 23 heavy (non-hydrogen) atoms. The molecule has 0 heterocycles. The Bertz CT molecular complexity index is 840. The third-order valence-corrected chi connectivity index (χ3v) is 4.99. The lowest BCUT2D eigenvalue weighted by Crippen LogP contribution is -2.39. The maximum atomic E-state index is 12.9. The zero-order valence-corrected chi connectivity index (χ0v) is 13.4. The summed E-state index contributed by atoms with van der Waals surface area (Å²) in [5.74, 6) is 2.04. The van der Waals surface area contributed by atoms with Crippen LogP contribution in [0.4, 0.5) is 5.69 Å². The fraction of sp³-hybridized carbons (Fsp3) is 0.118. The molecule has 2 rings (SSSR count). The van der Waals surface area contributed by atoms with E-state index in [1.807, 2.05) is 0 Å². The molecule has 0 aliphatic heterocycles. The highest BCUT2D eigenvalue weighted by atomic mass is 32.2. The van der Waals surface area contributed by atoms with Crippen molar-refractivity contribution in [1.82, 2.24) is 5.32 Å². The average Bonchev–Trinajstić information content (AvgIpc) is 2.60. The van der Waals surface area contributed by atoms with Crippen molar-refractivity contribution in [3.8, 4) is 12.3 Å². The molecule has 0 radical (unpaired) electrons. The van der Waals surface area contributed by atoms with Crippen molar-refractivity contribution in [2.24, 2.45) is 0 Å². The van der Waals surface area contributed by atoms with Crippen molar-refractivity contribution < 1.29 is 13.2 Å². The number of nitrogens with one attached hydrogen (secondary N) is 1. The number of likely N-dealkylation sites (N-methyl/N-ethyl adjacent to an activating group) is 1. The summed E-state index contributed by atoms with van der Waals surface area (Å²) in [6.07, 6.45) is 5.37. The fourth-order valence-electron chi connectivity index (χ4n) is 2.00. The largest absolute Gasteiger partial charge is 0.358 e. The third kappa shape index (κ3) is 3.71. The van der Waals surface area contributed by atoms with E-state index in [2.05, 4.69) is 11.2 Å². The Labute approximate surface area is 136 Å². The van der Waals surface area contributed by atoms with Crippen LogP contribution in [0, 0.1) is 12.3 Å². The van der Waals surface area contributed by atoms with Crippen LogP contribution >= 0.6 is 0 Å². The van der Waals surface area contributed by atoms with E-state index in [4.69, 9.17) is 6.42 Å². The topological polar surface area (TPSA) is 66.5 Å². The highest BCUT2D eigenvalue weighted by molar-refractivity contribution is 7.92. The minimum absolute atomic E-state index is 0.106. The summed E-state index contributed by atoms with van der Waals surface area (Å²) < 4.78 is 26.8. The van der Waals surface area contributed by atoms with Crippen LogP contribution in [0.5, 0.6) is 0 Å². The maximum Gasteiger partial charge on any atom is 0.264 e. The molecule has 0 aliphatic rings. The average molecular weight is 328 g/mol. The van der Waals surface area contributed by atoms with E-state index >= 15 is 0 Å². The summed E-state index contributed by atoms with van der Waals surface area (Å²) in [6, 6.07) is 14.5. The molecule has 2 aromatic carbocycles. The lowest BCUT2D eigenvalue weighted by molar-refractivity contribution is -0.119. The summed E-state index contributed by atoms with van der Waals surface area (Å²) in [4.78, 5) is 11.9. The smallest absolute Gasteiger partial charge is 0.264 e. The van der Waals surface area contributed by atoms with E-state index in [1.165, 1.54) is 19.2 Å². The molecule has 0 atom stereocenters. The molecule has 0 saturated carbocycles. The van der Waals surface area contributed by atoms with Crippen LogP contribution in [-0.4, -0.2) is 27.9 Å². The maximum absolute atomic E-state index is 12.9. The Balaban J connectivity index is 2.54. The predicted octanol–water partition coefficient (Wildman–Crippen LogP) is 1.61. The van der Waals surface area contributed by atoms with Crippen LogP contribution in [0.3, 0.4) is 0 Å². The first-order chi connectivity index (χ1) is 11.0. The number of carbonyl (C=O) groups is 1. The number of terminal acetylenes is 1. The molecule has 0 unspecified atom stereocenters. The molecule has 0 saturated heterocycles. The lowest BCUT2D eigenvalue weighted by atomic mass is 10.2. The van der Waals surface area contributed by atoms with E-state index in [0.29, 0.717) is 11.3 Å². The quantitative estimate of drug-likeness (QED) is 0.848. The number of benzene rings is 2. The van der Waals surface area contributed by atoms with Gasteiger partial charge in [0.2, 0.25) is 5.91 Å². The fourth-order valence-corrected chi connectivity index (χ4v) is 3.43. The van der Waals surface area contributed by atoms with Crippen LogP contribution in [0.15, 0.2) is 59.5 Å². The van der Waals surface area contributed by atoms with E-state index < -0.39 is 15.9 Å². The highest BCUT2D eigenvalue weighted by Crippen LogP contribution is 2.24. The van der Waals surface area contributed by atoms with Crippen molar-refractivity contribution in [2.75, 3.05) is 17.9 Å². The Morgan fingerprint density at radius 3 is 2.48 bits per heavy atom. The summed E-state index contributed by atoms with van der Waals surface area (Å²) >= 11 is 0. The molecule has 0 spiro atoms. The second kappa shape index (κ2) is 6.99. The van der Waals surface area contributed by atoms with Crippen molar-refractivity contribution >= 4 is 21.6 Å². The summed E-state index contributed by atoms with van der Waals surface area (Å²) in [6.45, 7) is -0.332. The molecule has 118 valence electrons. The first-order valence-corrected chi connectivity index (χ1v) is 8.28. The van der Waals surface area contributed by atoms with Gasteiger partial charge in [-0.05, 0) is 30.3 Å². The van der Waals surface area contributed by atoms with Crippen LogP contribution in [0.25, 0.3) is 0 Å². The molecular formula is C17H16N2O3S. The minimum atomic E-state index is -3.88. The molecule has 6 heteroatoms. The minimum Gasteiger partial charge on any atom is -0.358 e. The van der Waals surface area contributed by atoms with Gasteiger partial charge in [0.05, 0.1) is 10.6 Å². The van der Waals surface area contributed by atoms with E-state index in [-0.39, 0.29) is 11.4 Å². The van der Waals surface area contributed by atoms with E-state index in [0.717, 1.165) is 4.31 Å². The first-order valence-electron chi connectivity index (χ1n) is 6.84. The monoisotopic (exact) mass is 328 g/mol. The van der Waals surface area contributed by atoms with Gasteiger partial charge in [-0.25, -0.2) is 8.42 Å². The molecule has 5 nitrogen and oxygen atoms in total.